The Balaban J connectivity index is 1.64. The predicted octanol–water partition coefficient (Wildman–Crippen LogP) is 3.54. The van der Waals surface area contributed by atoms with E-state index < -0.39 is 12.0 Å². The minimum absolute atomic E-state index is 0.268. The molecule has 3 aliphatic heterocycles. The zero-order valence-electron chi connectivity index (χ0n) is 15.7. The van der Waals surface area contributed by atoms with Gasteiger partial charge in [0.05, 0.1) is 34.8 Å². The summed E-state index contributed by atoms with van der Waals surface area (Å²) in [7, 11) is 1.62. The highest BCUT2D eigenvalue weighted by atomic mass is 35.5. The Morgan fingerprint density at radius 2 is 1.55 bits per heavy atom. The second-order valence-corrected chi connectivity index (χ2v) is 8.23. The molecule has 3 heterocycles. The van der Waals surface area contributed by atoms with Gasteiger partial charge in [-0.25, -0.2) is 14.9 Å². The van der Waals surface area contributed by atoms with E-state index in [0.717, 1.165) is 25.1 Å². The third kappa shape index (κ3) is 2.63. The molecule has 29 heavy (non-hydrogen) atoms. The molecule has 0 unspecified atom stereocenters. The van der Waals surface area contributed by atoms with Crippen LogP contribution in [-0.4, -0.2) is 48.1 Å². The summed E-state index contributed by atoms with van der Waals surface area (Å²) in [5.41, 5.74) is 1.17. The lowest BCUT2D eigenvalue weighted by atomic mass is 9.89. The minimum Gasteiger partial charge on any atom is -0.496 e. The molecule has 3 saturated heterocycles. The van der Waals surface area contributed by atoms with Crippen LogP contribution in [0.3, 0.4) is 0 Å². The number of imide groups is 1. The molecule has 0 saturated carbocycles. The fraction of sp³-hybridized carbons (Fsp3) is 0.333. The first kappa shape index (κ1) is 18.9. The Hall–Kier alpha value is -2.12. The van der Waals surface area contributed by atoms with E-state index in [4.69, 9.17) is 27.9 Å². The third-order valence-corrected chi connectivity index (χ3v) is 6.63. The Morgan fingerprint density at radius 1 is 0.897 bits per heavy atom. The Bertz CT molecular complexity index is 994. The molecular formula is C21H19Cl2N3O3. The summed E-state index contributed by atoms with van der Waals surface area (Å²) < 4.78 is 5.57. The number of hydrazine groups is 1. The standard InChI is InChI=1S/C21H19Cl2N3O3/c1-29-15-9-3-2-6-12(15)17-16-19(25-11-5-10-24(17)25)21(28)26(20(16)27)18-13(22)7-4-8-14(18)23/h2-4,6-9,16-17,19H,5,10-11H2,1H3/t16-,17+,19+/m0/s1. The number of ether oxygens (including phenoxy) is 1. The maximum Gasteiger partial charge on any atom is 0.253 e. The van der Waals surface area contributed by atoms with Crippen molar-refractivity contribution in [3.8, 4) is 5.75 Å². The number of amides is 2. The monoisotopic (exact) mass is 431 g/mol. The van der Waals surface area contributed by atoms with Crippen LogP contribution in [-0.2, 0) is 9.59 Å². The maximum atomic E-state index is 13.6. The van der Waals surface area contributed by atoms with E-state index in [0.29, 0.717) is 5.75 Å². The van der Waals surface area contributed by atoms with Crippen molar-refractivity contribution in [2.75, 3.05) is 25.1 Å². The SMILES string of the molecule is COc1ccccc1[C@@H]1[C@@H]2C(=O)N(c3c(Cl)cccc3Cl)C(=O)[C@@H]2N2CCCN12. The summed E-state index contributed by atoms with van der Waals surface area (Å²) in [5, 5.41) is 4.75. The van der Waals surface area contributed by atoms with Gasteiger partial charge >= 0.3 is 0 Å². The molecule has 0 radical (unpaired) electrons. The van der Waals surface area contributed by atoms with Crippen molar-refractivity contribution >= 4 is 40.7 Å². The van der Waals surface area contributed by atoms with Crippen molar-refractivity contribution in [2.24, 2.45) is 5.92 Å². The molecule has 0 bridgehead atoms. The minimum atomic E-state index is -0.563. The summed E-state index contributed by atoms with van der Waals surface area (Å²) in [4.78, 5) is 28.3. The van der Waals surface area contributed by atoms with Crippen molar-refractivity contribution < 1.29 is 14.3 Å². The van der Waals surface area contributed by atoms with Gasteiger partial charge in [-0.05, 0) is 24.6 Å². The van der Waals surface area contributed by atoms with Crippen LogP contribution in [0.25, 0.3) is 0 Å². The number of hydrogen-bond acceptors (Lipinski definition) is 5. The number of halogens is 2. The zero-order valence-corrected chi connectivity index (χ0v) is 17.2. The Morgan fingerprint density at radius 3 is 2.24 bits per heavy atom. The van der Waals surface area contributed by atoms with Gasteiger partial charge in [0.1, 0.15) is 11.8 Å². The number of carbonyl (C=O) groups excluding carboxylic acids is 2. The van der Waals surface area contributed by atoms with Crippen LogP contribution < -0.4 is 9.64 Å². The number of benzene rings is 2. The highest BCUT2D eigenvalue weighted by Crippen LogP contribution is 2.51. The number of anilines is 1. The molecule has 6 nitrogen and oxygen atoms in total. The van der Waals surface area contributed by atoms with Crippen LogP contribution in [0.5, 0.6) is 5.75 Å². The van der Waals surface area contributed by atoms with E-state index in [-0.39, 0.29) is 33.6 Å². The lowest BCUT2D eigenvalue weighted by Gasteiger charge is -2.30. The molecule has 5 rings (SSSR count). The number of fused-ring (bicyclic) bond motifs is 3. The molecule has 2 amide bonds. The third-order valence-electron chi connectivity index (χ3n) is 6.02. The lowest BCUT2D eigenvalue weighted by Crippen LogP contribution is -2.44. The molecule has 8 heteroatoms. The van der Waals surface area contributed by atoms with Gasteiger partial charge in [0, 0.05) is 18.7 Å². The van der Waals surface area contributed by atoms with Gasteiger partial charge in [0.25, 0.3) is 5.91 Å². The summed E-state index contributed by atoms with van der Waals surface area (Å²) in [5.74, 6) is -0.398. The van der Waals surface area contributed by atoms with Crippen LogP contribution in [0.15, 0.2) is 42.5 Å². The maximum absolute atomic E-state index is 13.6. The van der Waals surface area contributed by atoms with Crippen molar-refractivity contribution in [2.45, 2.75) is 18.5 Å². The number of methoxy groups -OCH3 is 1. The molecule has 2 aromatic rings. The van der Waals surface area contributed by atoms with Gasteiger partial charge in [0.15, 0.2) is 0 Å². The first-order valence-corrected chi connectivity index (χ1v) is 10.3. The molecule has 0 N–H and O–H groups in total. The largest absolute Gasteiger partial charge is 0.496 e. The van der Waals surface area contributed by atoms with E-state index in [2.05, 4.69) is 5.01 Å². The Labute approximate surface area is 178 Å². The quantitative estimate of drug-likeness (QED) is 0.695. The van der Waals surface area contributed by atoms with Crippen LogP contribution >= 0.6 is 23.2 Å². The molecule has 3 fully saturated rings. The predicted molar refractivity (Wildman–Crippen MR) is 110 cm³/mol. The molecule has 3 atom stereocenters. The van der Waals surface area contributed by atoms with Crippen LogP contribution in [0.2, 0.25) is 10.0 Å². The average molecular weight is 432 g/mol. The molecule has 3 aliphatic rings. The second-order valence-electron chi connectivity index (χ2n) is 7.42. The van der Waals surface area contributed by atoms with E-state index in [9.17, 15) is 9.59 Å². The van der Waals surface area contributed by atoms with E-state index >= 15 is 0 Å². The van der Waals surface area contributed by atoms with Gasteiger partial charge in [-0.15, -0.1) is 0 Å². The molecule has 150 valence electrons. The molecule has 0 spiro atoms. The summed E-state index contributed by atoms with van der Waals surface area (Å²) in [6.45, 7) is 1.53. The molecule has 0 aliphatic carbocycles. The highest BCUT2D eigenvalue weighted by molar-refractivity contribution is 6.42. The van der Waals surface area contributed by atoms with Gasteiger partial charge < -0.3 is 4.74 Å². The summed E-state index contributed by atoms with van der Waals surface area (Å²) in [6.07, 6.45) is 0.934. The fourth-order valence-corrected chi connectivity index (χ4v) is 5.49. The topological polar surface area (TPSA) is 53.1 Å². The zero-order chi connectivity index (χ0) is 20.3. The highest BCUT2D eigenvalue weighted by Gasteiger charge is 2.63. The van der Waals surface area contributed by atoms with Gasteiger partial charge in [-0.2, -0.15) is 0 Å². The van der Waals surface area contributed by atoms with Crippen molar-refractivity contribution in [3.05, 3.63) is 58.1 Å². The smallest absolute Gasteiger partial charge is 0.253 e. The Kier molecular flexibility index (Phi) is 4.55. The van der Waals surface area contributed by atoms with E-state index in [1.165, 1.54) is 4.90 Å². The first-order valence-electron chi connectivity index (χ1n) is 9.52. The first-order chi connectivity index (χ1) is 14.0. The molecule has 2 aromatic carbocycles. The summed E-state index contributed by atoms with van der Waals surface area (Å²) >= 11 is 12.7. The van der Waals surface area contributed by atoms with Crippen molar-refractivity contribution in [1.82, 2.24) is 10.0 Å². The van der Waals surface area contributed by atoms with Gasteiger partial charge in [-0.1, -0.05) is 47.5 Å². The molecule has 0 aromatic heterocycles. The molecular weight excluding hydrogens is 413 g/mol. The number of rotatable bonds is 3. The number of hydrogen-bond donors (Lipinski definition) is 0. The summed E-state index contributed by atoms with van der Waals surface area (Å²) in [6, 6.07) is 11.8. The van der Waals surface area contributed by atoms with Crippen LogP contribution in [0.1, 0.15) is 18.0 Å². The van der Waals surface area contributed by atoms with Gasteiger partial charge in [0.2, 0.25) is 5.91 Å². The average Bonchev–Trinajstić information content (AvgIpc) is 3.36. The van der Waals surface area contributed by atoms with Crippen molar-refractivity contribution in [1.29, 1.82) is 0 Å². The number of carbonyl (C=O) groups is 2. The number of nitrogens with zero attached hydrogens (tertiary/aromatic N) is 3. The lowest BCUT2D eigenvalue weighted by molar-refractivity contribution is -0.126. The van der Waals surface area contributed by atoms with E-state index in [1.807, 2.05) is 29.3 Å². The van der Waals surface area contributed by atoms with E-state index in [1.54, 1.807) is 25.3 Å². The van der Waals surface area contributed by atoms with Gasteiger partial charge in [-0.3, -0.25) is 9.59 Å². The van der Waals surface area contributed by atoms with Crippen LogP contribution in [0, 0.1) is 5.92 Å². The normalized spacial score (nSPS) is 26.9. The van der Waals surface area contributed by atoms with Crippen molar-refractivity contribution in [3.63, 3.8) is 0 Å². The second kappa shape index (κ2) is 6.99. The van der Waals surface area contributed by atoms with Crippen LogP contribution in [0.4, 0.5) is 5.69 Å². The number of para-hydroxylation sites is 2. The fourth-order valence-electron chi connectivity index (χ4n) is 4.92.